The first-order valence-corrected chi connectivity index (χ1v) is 18.9. The Morgan fingerprint density at radius 3 is 1.62 bits per heavy atom. The molecule has 9 aromatic carbocycles. The van der Waals surface area contributed by atoms with Crippen molar-refractivity contribution in [2.75, 3.05) is 0 Å². The smallest absolute Gasteiger partial charge is 0.160 e. The molecule has 5 heteroatoms. The van der Waals surface area contributed by atoms with Crippen LogP contribution < -0.4 is 5.32 Å². The van der Waals surface area contributed by atoms with Crippen molar-refractivity contribution in [3.8, 4) is 11.1 Å². The van der Waals surface area contributed by atoms with E-state index in [9.17, 15) is 0 Å². The molecule has 1 aliphatic heterocycles. The monoisotopic (exact) mass is 717 g/mol. The minimum atomic E-state index is -0.361. The first-order valence-electron chi connectivity index (χ1n) is 18.9. The zero-order valence-corrected chi connectivity index (χ0v) is 30.0. The van der Waals surface area contributed by atoms with E-state index in [0.29, 0.717) is 5.84 Å². The highest BCUT2D eigenvalue weighted by Crippen LogP contribution is 2.40. The Kier molecular flexibility index (Phi) is 6.63. The normalized spacial score (nSPS) is 14.6. The van der Waals surface area contributed by atoms with Crippen molar-refractivity contribution < 1.29 is 8.83 Å². The summed E-state index contributed by atoms with van der Waals surface area (Å²) >= 11 is 0. The number of nitrogens with zero attached hydrogens (tertiary/aromatic N) is 2. The maximum Gasteiger partial charge on any atom is 0.160 e. The van der Waals surface area contributed by atoms with Crippen molar-refractivity contribution >= 4 is 87.9 Å². The van der Waals surface area contributed by atoms with Gasteiger partial charge in [0.25, 0.3) is 0 Å². The summed E-state index contributed by atoms with van der Waals surface area (Å²) in [4.78, 5) is 10.5. The quantitative estimate of drug-likeness (QED) is 0.184. The number of nitrogens with one attached hydrogen (secondary N) is 1. The molecule has 0 saturated heterocycles. The topological polar surface area (TPSA) is 63.0 Å². The van der Waals surface area contributed by atoms with Crippen molar-refractivity contribution in [3.05, 3.63) is 193 Å². The van der Waals surface area contributed by atoms with E-state index < -0.39 is 0 Å². The van der Waals surface area contributed by atoms with Gasteiger partial charge in [0, 0.05) is 32.7 Å². The van der Waals surface area contributed by atoms with Crippen LogP contribution in [0.15, 0.2) is 195 Å². The van der Waals surface area contributed by atoms with Crippen LogP contribution in [0.4, 0.5) is 0 Å². The molecular formula is C51H31N3O2. The maximum absolute atomic E-state index is 6.54. The highest BCUT2D eigenvalue weighted by molar-refractivity contribution is 6.27. The molecule has 1 unspecified atom stereocenters. The summed E-state index contributed by atoms with van der Waals surface area (Å²) in [6.07, 6.45) is -0.361. The number of para-hydroxylation sites is 1. The van der Waals surface area contributed by atoms with Gasteiger partial charge in [0.05, 0.1) is 0 Å². The zero-order valence-electron chi connectivity index (χ0n) is 30.0. The molecule has 0 fully saturated rings. The number of furan rings is 2. The Hall–Kier alpha value is -7.50. The summed E-state index contributed by atoms with van der Waals surface area (Å²) in [6.45, 7) is 0. The Balaban J connectivity index is 1.05. The van der Waals surface area contributed by atoms with E-state index in [1.54, 1.807) is 0 Å². The van der Waals surface area contributed by atoms with Crippen LogP contribution in [0.5, 0.6) is 0 Å². The first-order chi connectivity index (χ1) is 27.7. The molecule has 1 N–H and O–H groups in total. The van der Waals surface area contributed by atoms with Gasteiger partial charge in [-0.1, -0.05) is 140 Å². The van der Waals surface area contributed by atoms with Gasteiger partial charge in [0.2, 0.25) is 0 Å². The summed E-state index contributed by atoms with van der Waals surface area (Å²) in [7, 11) is 0. The van der Waals surface area contributed by atoms with E-state index in [4.69, 9.17) is 18.8 Å². The molecule has 2 aromatic heterocycles. The molecule has 56 heavy (non-hydrogen) atoms. The number of rotatable bonds is 4. The third kappa shape index (κ3) is 4.67. The van der Waals surface area contributed by atoms with Crippen LogP contribution in [0.25, 0.3) is 87.3 Å². The minimum Gasteiger partial charge on any atom is -0.456 e. The number of hydrogen-bond acceptors (Lipinski definition) is 5. The van der Waals surface area contributed by atoms with E-state index >= 15 is 0 Å². The second kappa shape index (κ2) is 12.0. The van der Waals surface area contributed by atoms with Gasteiger partial charge in [-0.15, -0.1) is 0 Å². The highest BCUT2D eigenvalue weighted by atomic mass is 16.3. The predicted octanol–water partition coefficient (Wildman–Crippen LogP) is 13.1. The molecule has 0 bridgehead atoms. The Bertz CT molecular complexity index is 3430. The van der Waals surface area contributed by atoms with Gasteiger partial charge in [-0.3, -0.25) is 0 Å². The van der Waals surface area contributed by atoms with Crippen LogP contribution in [0, 0.1) is 0 Å². The molecule has 0 saturated carbocycles. The molecule has 0 aliphatic carbocycles. The Morgan fingerprint density at radius 1 is 0.393 bits per heavy atom. The predicted molar refractivity (Wildman–Crippen MR) is 231 cm³/mol. The van der Waals surface area contributed by atoms with Gasteiger partial charge in [-0.05, 0) is 85.4 Å². The molecule has 3 heterocycles. The van der Waals surface area contributed by atoms with Crippen LogP contribution in [0.3, 0.4) is 0 Å². The SMILES string of the molecule is c1ccc(C2N=C(c3cccc4oc5ccccc5c34)N=C(c3cccc4oc5ccc(-c6ccc7c8ccccc8c8ccccc8c7c6)cc5c34)N2)cc1. The highest BCUT2D eigenvalue weighted by Gasteiger charge is 2.25. The van der Waals surface area contributed by atoms with Crippen molar-refractivity contribution in [2.45, 2.75) is 6.17 Å². The van der Waals surface area contributed by atoms with E-state index in [1.807, 2.05) is 60.7 Å². The van der Waals surface area contributed by atoms with Crippen molar-refractivity contribution in [1.29, 1.82) is 0 Å². The largest absolute Gasteiger partial charge is 0.456 e. The molecule has 11 aromatic rings. The molecule has 262 valence electrons. The maximum atomic E-state index is 6.54. The first kappa shape index (κ1) is 30.9. The Morgan fingerprint density at radius 2 is 0.911 bits per heavy atom. The lowest BCUT2D eigenvalue weighted by molar-refractivity contribution is 0.667. The number of benzene rings is 9. The van der Waals surface area contributed by atoms with Crippen molar-refractivity contribution in [1.82, 2.24) is 5.32 Å². The van der Waals surface area contributed by atoms with Crippen LogP contribution in [0.1, 0.15) is 22.9 Å². The van der Waals surface area contributed by atoms with Gasteiger partial charge >= 0.3 is 0 Å². The van der Waals surface area contributed by atoms with Gasteiger partial charge in [-0.25, -0.2) is 9.98 Å². The molecule has 0 spiro atoms. The van der Waals surface area contributed by atoms with Crippen LogP contribution in [-0.4, -0.2) is 11.7 Å². The molecule has 1 atom stereocenters. The summed E-state index contributed by atoms with van der Waals surface area (Å²) < 4.78 is 12.8. The van der Waals surface area contributed by atoms with Crippen LogP contribution in [0.2, 0.25) is 0 Å². The van der Waals surface area contributed by atoms with E-state index in [1.165, 1.54) is 32.3 Å². The Labute approximate surface area is 320 Å². The fraction of sp³-hybridized carbons (Fsp3) is 0.0196. The minimum absolute atomic E-state index is 0.361. The number of fused-ring (bicyclic) bond motifs is 12. The van der Waals surface area contributed by atoms with E-state index in [-0.39, 0.29) is 6.17 Å². The van der Waals surface area contributed by atoms with E-state index in [0.717, 1.165) is 77.5 Å². The molecule has 0 radical (unpaired) electrons. The van der Waals surface area contributed by atoms with Crippen LogP contribution in [-0.2, 0) is 0 Å². The molecular weight excluding hydrogens is 687 g/mol. The average molecular weight is 718 g/mol. The standard InChI is InChI=1S/C51H31N3O2/c1-2-12-30(13-3-1)49-52-50(39-19-10-22-45-47(39)38-18-8-9-21-43(38)55-45)54-51(53-49)40-20-11-23-46-48(40)42-29-32(25-27-44(42)56-46)31-24-26-37-35-16-5-4-14-33(35)34-15-6-7-17-36(34)41(37)28-31/h1-29,49H,(H,52,53,54). The fourth-order valence-corrected chi connectivity index (χ4v) is 8.76. The average Bonchev–Trinajstić information content (AvgIpc) is 3.85. The lowest BCUT2D eigenvalue weighted by Crippen LogP contribution is -2.33. The third-order valence-corrected chi connectivity index (χ3v) is 11.3. The molecule has 12 rings (SSSR count). The second-order valence-electron chi connectivity index (χ2n) is 14.5. The number of hydrogen-bond donors (Lipinski definition) is 1. The molecule has 0 amide bonds. The zero-order chi connectivity index (χ0) is 36.7. The lowest BCUT2D eigenvalue weighted by atomic mass is 9.92. The summed E-state index contributed by atoms with van der Waals surface area (Å²) in [5.74, 6) is 1.38. The van der Waals surface area contributed by atoms with Gasteiger partial charge in [0.1, 0.15) is 34.3 Å². The van der Waals surface area contributed by atoms with Crippen LogP contribution >= 0.6 is 0 Å². The van der Waals surface area contributed by atoms with Gasteiger partial charge < -0.3 is 14.2 Å². The fourth-order valence-electron chi connectivity index (χ4n) is 8.76. The second-order valence-corrected chi connectivity index (χ2v) is 14.5. The third-order valence-electron chi connectivity index (χ3n) is 11.3. The van der Waals surface area contributed by atoms with Gasteiger partial charge in [-0.2, -0.15) is 0 Å². The summed E-state index contributed by atoms with van der Waals surface area (Å²) in [5, 5.41) is 15.4. The summed E-state index contributed by atoms with van der Waals surface area (Å²) in [6, 6.07) is 61.6. The molecule has 5 nitrogen and oxygen atoms in total. The summed E-state index contributed by atoms with van der Waals surface area (Å²) in [5.41, 5.74) is 8.47. The number of amidine groups is 2. The molecule has 1 aliphatic rings. The van der Waals surface area contributed by atoms with Crippen molar-refractivity contribution in [2.24, 2.45) is 9.98 Å². The van der Waals surface area contributed by atoms with E-state index in [2.05, 4.69) is 121 Å². The lowest BCUT2D eigenvalue weighted by Gasteiger charge is -2.24. The van der Waals surface area contributed by atoms with Gasteiger partial charge in [0.15, 0.2) is 5.84 Å². The van der Waals surface area contributed by atoms with Crippen molar-refractivity contribution in [3.63, 3.8) is 0 Å². The number of aliphatic imine (C=N–C) groups is 2.